The van der Waals surface area contributed by atoms with E-state index in [0.29, 0.717) is 5.56 Å². The fraction of sp³-hybridized carbons (Fsp3) is 0.111. The van der Waals surface area contributed by atoms with Crippen molar-refractivity contribution < 1.29 is 14.3 Å². The van der Waals surface area contributed by atoms with Crippen LogP contribution in [0.25, 0.3) is 6.08 Å². The van der Waals surface area contributed by atoms with Gasteiger partial charge in [0.15, 0.2) is 0 Å². The monoisotopic (exact) mass is 215 g/mol. The highest BCUT2D eigenvalue weighted by atomic mass is 35.5. The molecule has 1 rings (SSSR count). The molecule has 0 bridgehead atoms. The summed E-state index contributed by atoms with van der Waals surface area (Å²) in [6.07, 6.45) is 4.15. The van der Waals surface area contributed by atoms with Crippen LogP contribution in [-0.2, 0) is 4.79 Å². The molecule has 1 aromatic rings. The molecule has 1 aromatic heterocycles. The third kappa shape index (κ3) is 3.14. The standard InChI is InChI=1S/C9H7ClFNO2/c10-7-4-6(5-12-9(7)11)2-1-3-8(13)14/h1-2,4-5H,3H2,(H,13,14). The average molecular weight is 216 g/mol. The Kier molecular flexibility index (Phi) is 3.59. The average Bonchev–Trinajstić information content (AvgIpc) is 2.10. The van der Waals surface area contributed by atoms with Gasteiger partial charge in [-0.05, 0) is 11.6 Å². The first-order valence-corrected chi connectivity index (χ1v) is 4.17. The molecule has 0 amide bonds. The van der Waals surface area contributed by atoms with Gasteiger partial charge in [0.1, 0.15) is 0 Å². The Bertz CT molecular complexity index is 379. The van der Waals surface area contributed by atoms with E-state index in [-0.39, 0.29) is 11.4 Å². The van der Waals surface area contributed by atoms with Gasteiger partial charge < -0.3 is 5.11 Å². The molecule has 0 spiro atoms. The van der Waals surface area contributed by atoms with E-state index in [4.69, 9.17) is 16.7 Å². The van der Waals surface area contributed by atoms with Gasteiger partial charge in [-0.25, -0.2) is 4.98 Å². The minimum absolute atomic E-state index is 0.0810. The van der Waals surface area contributed by atoms with E-state index in [2.05, 4.69) is 4.98 Å². The summed E-state index contributed by atoms with van der Waals surface area (Å²) in [4.78, 5) is 13.5. The van der Waals surface area contributed by atoms with Crippen molar-refractivity contribution in [3.05, 3.63) is 34.9 Å². The normalized spacial score (nSPS) is 10.7. The van der Waals surface area contributed by atoms with Crippen LogP contribution in [0.2, 0.25) is 5.02 Å². The van der Waals surface area contributed by atoms with Gasteiger partial charge in [0.2, 0.25) is 5.95 Å². The molecule has 0 unspecified atom stereocenters. The van der Waals surface area contributed by atoms with Gasteiger partial charge in [0.25, 0.3) is 0 Å². The van der Waals surface area contributed by atoms with Gasteiger partial charge in [-0.15, -0.1) is 0 Å². The predicted molar refractivity (Wildman–Crippen MR) is 50.5 cm³/mol. The highest BCUT2D eigenvalue weighted by Crippen LogP contribution is 2.14. The SMILES string of the molecule is O=C(O)CC=Cc1cnc(F)c(Cl)c1. The smallest absolute Gasteiger partial charge is 0.307 e. The summed E-state index contributed by atoms with van der Waals surface area (Å²) in [5.41, 5.74) is 0.567. The number of halogens is 2. The Labute approximate surface area is 84.8 Å². The molecule has 0 aliphatic rings. The molecule has 1 heterocycles. The molecule has 0 saturated carbocycles. The highest BCUT2D eigenvalue weighted by molar-refractivity contribution is 6.30. The lowest BCUT2D eigenvalue weighted by molar-refractivity contribution is -0.135. The van der Waals surface area contributed by atoms with Crippen LogP contribution in [0.5, 0.6) is 0 Å². The van der Waals surface area contributed by atoms with Crippen LogP contribution >= 0.6 is 11.6 Å². The summed E-state index contributed by atoms with van der Waals surface area (Å²) in [7, 11) is 0. The zero-order valence-corrected chi connectivity index (χ0v) is 7.83. The number of nitrogens with zero attached hydrogens (tertiary/aromatic N) is 1. The fourth-order valence-corrected chi connectivity index (χ4v) is 0.998. The molecule has 0 aromatic carbocycles. The lowest BCUT2D eigenvalue weighted by Gasteiger charge is -1.94. The Balaban J connectivity index is 2.73. The van der Waals surface area contributed by atoms with Gasteiger partial charge in [-0.1, -0.05) is 23.8 Å². The first-order chi connectivity index (χ1) is 6.59. The highest BCUT2D eigenvalue weighted by Gasteiger charge is 1.99. The molecule has 3 nitrogen and oxygen atoms in total. The number of aromatic nitrogens is 1. The molecular weight excluding hydrogens is 209 g/mol. The van der Waals surface area contributed by atoms with Crippen molar-refractivity contribution in [1.82, 2.24) is 4.98 Å². The largest absolute Gasteiger partial charge is 0.481 e. The third-order valence-electron chi connectivity index (χ3n) is 1.42. The van der Waals surface area contributed by atoms with Gasteiger partial charge in [-0.2, -0.15) is 4.39 Å². The van der Waals surface area contributed by atoms with Gasteiger partial charge in [-0.3, -0.25) is 4.79 Å². The summed E-state index contributed by atoms with van der Waals surface area (Å²) in [6, 6.07) is 1.38. The zero-order valence-electron chi connectivity index (χ0n) is 7.08. The van der Waals surface area contributed by atoms with E-state index < -0.39 is 11.9 Å². The predicted octanol–water partition coefficient (Wildman–Crippen LogP) is 2.36. The van der Waals surface area contributed by atoms with Crippen LogP contribution in [0.1, 0.15) is 12.0 Å². The van der Waals surface area contributed by atoms with Crippen LogP contribution < -0.4 is 0 Å². The van der Waals surface area contributed by atoms with Crippen LogP contribution in [0.3, 0.4) is 0 Å². The number of carboxylic acids is 1. The second-order valence-electron chi connectivity index (χ2n) is 2.54. The van der Waals surface area contributed by atoms with Crippen LogP contribution in [0.15, 0.2) is 18.3 Å². The second-order valence-corrected chi connectivity index (χ2v) is 2.95. The molecule has 0 atom stereocenters. The number of carbonyl (C=O) groups is 1. The second kappa shape index (κ2) is 4.72. The van der Waals surface area contributed by atoms with Gasteiger partial charge >= 0.3 is 5.97 Å². The summed E-state index contributed by atoms with van der Waals surface area (Å²) < 4.78 is 12.6. The number of carboxylic acid groups (broad SMARTS) is 1. The number of pyridine rings is 1. The van der Waals surface area contributed by atoms with E-state index in [1.807, 2.05) is 0 Å². The molecule has 74 valence electrons. The quantitative estimate of drug-likeness (QED) is 0.788. The first kappa shape index (κ1) is 10.7. The fourth-order valence-electron chi connectivity index (χ4n) is 0.823. The van der Waals surface area contributed by atoms with Crippen molar-refractivity contribution in [3.8, 4) is 0 Å². The van der Waals surface area contributed by atoms with Crippen molar-refractivity contribution in [2.24, 2.45) is 0 Å². The van der Waals surface area contributed by atoms with E-state index in [9.17, 15) is 9.18 Å². The summed E-state index contributed by atoms with van der Waals surface area (Å²) in [6.45, 7) is 0. The molecule has 14 heavy (non-hydrogen) atoms. The maximum absolute atomic E-state index is 12.6. The number of hydrogen-bond acceptors (Lipinski definition) is 2. The summed E-state index contributed by atoms with van der Waals surface area (Å²) >= 11 is 5.47. The van der Waals surface area contributed by atoms with Crippen LogP contribution in [-0.4, -0.2) is 16.1 Å². The molecule has 0 saturated heterocycles. The lowest BCUT2D eigenvalue weighted by atomic mass is 10.2. The van der Waals surface area contributed by atoms with Crippen molar-refractivity contribution >= 4 is 23.6 Å². The minimum Gasteiger partial charge on any atom is -0.481 e. The summed E-state index contributed by atoms with van der Waals surface area (Å²) in [5.74, 6) is -1.66. The van der Waals surface area contributed by atoms with Crippen LogP contribution in [0.4, 0.5) is 4.39 Å². The zero-order chi connectivity index (χ0) is 10.6. The Hall–Kier alpha value is -1.42. The van der Waals surface area contributed by atoms with E-state index in [1.54, 1.807) is 0 Å². The number of aliphatic carboxylic acids is 1. The van der Waals surface area contributed by atoms with Gasteiger partial charge in [0, 0.05) is 6.20 Å². The molecule has 0 aliphatic carbocycles. The molecule has 0 aliphatic heterocycles. The third-order valence-corrected chi connectivity index (χ3v) is 1.69. The Morgan fingerprint density at radius 2 is 2.43 bits per heavy atom. The van der Waals surface area contributed by atoms with Crippen molar-refractivity contribution in [1.29, 1.82) is 0 Å². The van der Waals surface area contributed by atoms with E-state index in [1.165, 1.54) is 24.4 Å². The lowest BCUT2D eigenvalue weighted by Crippen LogP contribution is -1.90. The molecule has 0 fully saturated rings. The number of rotatable bonds is 3. The maximum atomic E-state index is 12.6. The van der Waals surface area contributed by atoms with Crippen molar-refractivity contribution in [3.63, 3.8) is 0 Å². The Morgan fingerprint density at radius 1 is 1.71 bits per heavy atom. The topological polar surface area (TPSA) is 50.2 Å². The van der Waals surface area contributed by atoms with E-state index >= 15 is 0 Å². The molecule has 5 heteroatoms. The number of hydrogen-bond donors (Lipinski definition) is 1. The minimum atomic E-state index is -0.928. The van der Waals surface area contributed by atoms with Crippen molar-refractivity contribution in [2.75, 3.05) is 0 Å². The maximum Gasteiger partial charge on any atom is 0.307 e. The molecular formula is C9H7ClFNO2. The summed E-state index contributed by atoms with van der Waals surface area (Å²) in [5, 5.41) is 8.26. The van der Waals surface area contributed by atoms with Crippen LogP contribution in [0, 0.1) is 5.95 Å². The molecule has 0 radical (unpaired) electrons. The first-order valence-electron chi connectivity index (χ1n) is 3.79. The Morgan fingerprint density at radius 3 is 3.00 bits per heavy atom. The van der Waals surface area contributed by atoms with E-state index in [0.717, 1.165) is 0 Å². The van der Waals surface area contributed by atoms with Gasteiger partial charge in [0.05, 0.1) is 11.4 Å². The van der Waals surface area contributed by atoms with Crippen molar-refractivity contribution in [2.45, 2.75) is 6.42 Å². The molecule has 1 N–H and O–H groups in total.